The molecule has 1 N–H and O–H groups in total. The smallest absolute Gasteiger partial charge is 0.266 e. The van der Waals surface area contributed by atoms with E-state index in [-0.39, 0.29) is 17.4 Å². The Kier molecular flexibility index (Phi) is 7.62. The Bertz CT molecular complexity index is 734. The molecule has 6 heteroatoms. The Labute approximate surface area is 171 Å². The molecular weight excluding hydrogens is 376 g/mol. The summed E-state index contributed by atoms with van der Waals surface area (Å²) in [4.78, 5) is 26.8. The van der Waals surface area contributed by atoms with Crippen molar-refractivity contribution in [2.24, 2.45) is 0 Å². The Morgan fingerprint density at radius 1 is 1.19 bits per heavy atom. The van der Waals surface area contributed by atoms with E-state index in [0.717, 1.165) is 24.8 Å². The van der Waals surface area contributed by atoms with Crippen molar-refractivity contribution < 1.29 is 9.59 Å². The lowest BCUT2D eigenvalue weighted by Gasteiger charge is -2.20. The summed E-state index contributed by atoms with van der Waals surface area (Å²) >= 11 is 6.73. The minimum atomic E-state index is -0.192. The second kappa shape index (κ2) is 9.51. The highest BCUT2D eigenvalue weighted by molar-refractivity contribution is 8.26. The van der Waals surface area contributed by atoms with Crippen LogP contribution in [0.2, 0.25) is 0 Å². The minimum absolute atomic E-state index is 0.0175. The maximum atomic E-state index is 12.6. The first-order chi connectivity index (χ1) is 12.7. The molecule has 1 saturated heterocycles. The maximum Gasteiger partial charge on any atom is 0.266 e. The summed E-state index contributed by atoms with van der Waals surface area (Å²) in [5.41, 5.74) is 2.00. The summed E-state index contributed by atoms with van der Waals surface area (Å²) in [6.07, 6.45) is 4.97. The number of thiocarbonyl (C=S) groups is 1. The molecule has 0 bridgehead atoms. The maximum absolute atomic E-state index is 12.6. The zero-order valence-electron chi connectivity index (χ0n) is 16.5. The highest BCUT2D eigenvalue weighted by atomic mass is 32.2. The second-order valence-electron chi connectivity index (χ2n) is 7.85. The van der Waals surface area contributed by atoms with Gasteiger partial charge in [0.05, 0.1) is 4.91 Å². The van der Waals surface area contributed by atoms with Crippen LogP contribution in [0.3, 0.4) is 0 Å². The van der Waals surface area contributed by atoms with Gasteiger partial charge < -0.3 is 5.32 Å². The molecular formula is C21H28N2O2S2. The van der Waals surface area contributed by atoms with Crippen LogP contribution in [-0.2, 0) is 9.59 Å². The number of carbonyl (C=O) groups excluding carboxylic acids is 2. The molecule has 1 aromatic carbocycles. The van der Waals surface area contributed by atoms with Crippen LogP contribution < -0.4 is 5.32 Å². The molecule has 0 atom stereocenters. The summed E-state index contributed by atoms with van der Waals surface area (Å²) in [7, 11) is 0. The number of carbonyl (C=O) groups is 2. The van der Waals surface area contributed by atoms with Crippen LogP contribution in [0.4, 0.5) is 0 Å². The van der Waals surface area contributed by atoms with Crippen LogP contribution in [0.5, 0.6) is 0 Å². The van der Waals surface area contributed by atoms with Gasteiger partial charge in [0.2, 0.25) is 5.91 Å². The lowest BCUT2D eigenvalue weighted by atomic mass is 10.1. The molecule has 1 fully saturated rings. The van der Waals surface area contributed by atoms with E-state index in [1.165, 1.54) is 17.3 Å². The molecule has 0 unspecified atom stereocenters. The highest BCUT2D eigenvalue weighted by Crippen LogP contribution is 2.32. The first-order valence-corrected chi connectivity index (χ1v) is 10.5. The molecule has 2 rings (SSSR count). The van der Waals surface area contributed by atoms with Crippen LogP contribution in [0.15, 0.2) is 29.2 Å². The zero-order chi connectivity index (χ0) is 20.0. The number of thioether (sulfide) groups is 1. The van der Waals surface area contributed by atoms with Crippen LogP contribution in [0, 0.1) is 6.92 Å². The molecule has 1 aliphatic rings. The quantitative estimate of drug-likeness (QED) is 0.408. The van der Waals surface area contributed by atoms with Gasteiger partial charge in [-0.25, -0.2) is 0 Å². The van der Waals surface area contributed by atoms with Gasteiger partial charge in [-0.3, -0.25) is 14.5 Å². The van der Waals surface area contributed by atoms with Crippen LogP contribution >= 0.6 is 24.0 Å². The van der Waals surface area contributed by atoms with E-state index in [1.807, 2.05) is 58.0 Å². The number of aryl methyl sites for hydroxylation is 1. The largest absolute Gasteiger partial charge is 0.352 e. The van der Waals surface area contributed by atoms with E-state index in [4.69, 9.17) is 12.2 Å². The molecule has 4 nitrogen and oxygen atoms in total. The van der Waals surface area contributed by atoms with E-state index in [2.05, 4.69) is 5.32 Å². The molecule has 1 heterocycles. The Morgan fingerprint density at radius 3 is 2.48 bits per heavy atom. The van der Waals surface area contributed by atoms with Crippen molar-refractivity contribution in [3.05, 3.63) is 40.3 Å². The molecule has 0 aromatic heterocycles. The van der Waals surface area contributed by atoms with Crippen molar-refractivity contribution in [2.45, 2.75) is 58.9 Å². The standard InChI is InChI=1S/C21H28N2O2S2/c1-15-9-11-16(12-10-15)14-17-19(25)23(20(26)27-17)13-7-5-6-8-18(24)22-21(2,3)4/h9-12,14H,5-8,13H2,1-4H3,(H,22,24)/b17-14-. The lowest BCUT2D eigenvalue weighted by molar-refractivity contribution is -0.123. The predicted octanol–water partition coefficient (Wildman–Crippen LogP) is 4.67. The average molecular weight is 405 g/mol. The Balaban J connectivity index is 1.79. The van der Waals surface area contributed by atoms with Gasteiger partial charge in [-0.15, -0.1) is 0 Å². The Morgan fingerprint density at radius 2 is 1.85 bits per heavy atom. The van der Waals surface area contributed by atoms with Gasteiger partial charge >= 0.3 is 0 Å². The van der Waals surface area contributed by atoms with E-state index >= 15 is 0 Å². The number of amides is 2. The van der Waals surface area contributed by atoms with Gasteiger partial charge in [0, 0.05) is 18.5 Å². The summed E-state index contributed by atoms with van der Waals surface area (Å²) < 4.78 is 0.615. The monoisotopic (exact) mass is 404 g/mol. The number of rotatable bonds is 7. The van der Waals surface area contributed by atoms with E-state index in [9.17, 15) is 9.59 Å². The van der Waals surface area contributed by atoms with Gasteiger partial charge in [0.25, 0.3) is 5.91 Å². The molecule has 2 amide bonds. The normalized spacial score (nSPS) is 16.3. The summed E-state index contributed by atoms with van der Waals surface area (Å²) in [5.74, 6) is 0.0604. The molecule has 0 aliphatic carbocycles. The van der Waals surface area contributed by atoms with Crippen molar-refractivity contribution in [2.75, 3.05) is 6.54 Å². The first kappa shape index (κ1) is 21.6. The second-order valence-corrected chi connectivity index (χ2v) is 9.53. The predicted molar refractivity (Wildman–Crippen MR) is 117 cm³/mol. The fourth-order valence-electron chi connectivity index (χ4n) is 2.72. The average Bonchev–Trinajstić information content (AvgIpc) is 2.82. The molecule has 1 aliphatic heterocycles. The zero-order valence-corrected chi connectivity index (χ0v) is 18.1. The number of benzene rings is 1. The molecule has 0 saturated carbocycles. The summed E-state index contributed by atoms with van der Waals surface area (Å²) in [6.45, 7) is 8.57. The van der Waals surface area contributed by atoms with Crippen molar-refractivity contribution >= 4 is 46.2 Å². The number of nitrogens with zero attached hydrogens (tertiary/aromatic N) is 1. The number of hydrogen-bond acceptors (Lipinski definition) is 4. The summed E-state index contributed by atoms with van der Waals surface area (Å²) in [5, 5.41) is 2.96. The van der Waals surface area contributed by atoms with Gasteiger partial charge in [-0.2, -0.15) is 0 Å². The molecule has 0 radical (unpaired) electrons. The van der Waals surface area contributed by atoms with E-state index in [0.29, 0.717) is 22.2 Å². The number of hydrogen-bond donors (Lipinski definition) is 1. The molecule has 27 heavy (non-hydrogen) atoms. The Hall–Kier alpha value is -1.66. The first-order valence-electron chi connectivity index (χ1n) is 9.29. The SMILES string of the molecule is Cc1ccc(/C=C2\SC(=S)N(CCCCCC(=O)NC(C)(C)C)C2=O)cc1. The van der Waals surface area contributed by atoms with Gasteiger partial charge in [0.1, 0.15) is 4.32 Å². The highest BCUT2D eigenvalue weighted by Gasteiger charge is 2.31. The molecule has 1 aromatic rings. The van der Waals surface area contributed by atoms with Crippen LogP contribution in [-0.4, -0.2) is 33.1 Å². The third-order valence-electron chi connectivity index (χ3n) is 4.05. The van der Waals surface area contributed by atoms with Crippen LogP contribution in [0.25, 0.3) is 6.08 Å². The number of nitrogens with one attached hydrogen (secondary N) is 1. The fraction of sp³-hybridized carbons (Fsp3) is 0.476. The van der Waals surface area contributed by atoms with Crippen molar-refractivity contribution in [1.82, 2.24) is 10.2 Å². The van der Waals surface area contributed by atoms with E-state index in [1.54, 1.807) is 4.90 Å². The lowest BCUT2D eigenvalue weighted by Crippen LogP contribution is -2.40. The minimum Gasteiger partial charge on any atom is -0.352 e. The van der Waals surface area contributed by atoms with Crippen molar-refractivity contribution in [3.8, 4) is 0 Å². The van der Waals surface area contributed by atoms with Crippen molar-refractivity contribution in [1.29, 1.82) is 0 Å². The summed E-state index contributed by atoms with van der Waals surface area (Å²) in [6, 6.07) is 8.07. The number of unbranched alkanes of at least 4 members (excludes halogenated alkanes) is 2. The van der Waals surface area contributed by atoms with Gasteiger partial charge in [-0.05, 0) is 52.2 Å². The van der Waals surface area contributed by atoms with Crippen molar-refractivity contribution in [3.63, 3.8) is 0 Å². The van der Waals surface area contributed by atoms with E-state index < -0.39 is 0 Å². The topological polar surface area (TPSA) is 49.4 Å². The molecule has 0 spiro atoms. The van der Waals surface area contributed by atoms with Gasteiger partial charge in [-0.1, -0.05) is 60.2 Å². The van der Waals surface area contributed by atoms with Crippen LogP contribution in [0.1, 0.15) is 57.6 Å². The fourth-order valence-corrected chi connectivity index (χ4v) is 4.03. The van der Waals surface area contributed by atoms with Gasteiger partial charge in [0.15, 0.2) is 0 Å². The third kappa shape index (κ3) is 7.11. The molecule has 146 valence electrons. The third-order valence-corrected chi connectivity index (χ3v) is 5.43.